The summed E-state index contributed by atoms with van der Waals surface area (Å²) in [6, 6.07) is 14.7. The average Bonchev–Trinajstić information content (AvgIpc) is 2.97. The first-order valence-corrected chi connectivity index (χ1v) is 11.7. The van der Waals surface area contributed by atoms with Gasteiger partial charge in [0, 0.05) is 39.3 Å². The van der Waals surface area contributed by atoms with Gasteiger partial charge in [-0.25, -0.2) is 0 Å². The van der Waals surface area contributed by atoms with Crippen LogP contribution in [-0.2, 0) is 27.4 Å². The Balaban J connectivity index is 1.74. The third kappa shape index (κ3) is 7.20. The van der Waals surface area contributed by atoms with Gasteiger partial charge in [0.1, 0.15) is 18.1 Å². The Hall–Kier alpha value is -3.10. The fraction of sp³-hybridized carbons (Fsp3) is 0.462. The quantitative estimate of drug-likeness (QED) is 0.576. The number of benzene rings is 2. The molecule has 1 saturated heterocycles. The Morgan fingerprint density at radius 3 is 2.44 bits per heavy atom. The van der Waals surface area contributed by atoms with Crippen LogP contribution in [0.3, 0.4) is 0 Å². The van der Waals surface area contributed by atoms with E-state index >= 15 is 0 Å². The number of likely N-dealkylation sites (N-methyl/N-ethyl adjacent to an activating group) is 1. The van der Waals surface area contributed by atoms with Crippen molar-refractivity contribution >= 4 is 11.8 Å². The summed E-state index contributed by atoms with van der Waals surface area (Å²) in [5.74, 6) is 0.899. The molecular formula is C26H35N3O5. The van der Waals surface area contributed by atoms with Gasteiger partial charge >= 0.3 is 0 Å². The summed E-state index contributed by atoms with van der Waals surface area (Å²) in [5.41, 5.74) is 1.91. The van der Waals surface area contributed by atoms with Gasteiger partial charge < -0.3 is 24.4 Å². The summed E-state index contributed by atoms with van der Waals surface area (Å²) in [6.45, 7) is 7.22. The Morgan fingerprint density at radius 1 is 1.06 bits per heavy atom. The molecule has 0 aromatic heterocycles. The van der Waals surface area contributed by atoms with E-state index in [0.29, 0.717) is 39.3 Å². The molecule has 3 rings (SSSR count). The summed E-state index contributed by atoms with van der Waals surface area (Å²) < 4.78 is 11.3. The second-order valence-corrected chi connectivity index (χ2v) is 8.46. The number of nitrogens with zero attached hydrogens (tertiary/aromatic N) is 3. The number of hydrogen-bond acceptors (Lipinski definition) is 6. The van der Waals surface area contributed by atoms with E-state index in [-0.39, 0.29) is 36.8 Å². The molecule has 0 spiro atoms. The van der Waals surface area contributed by atoms with Crippen molar-refractivity contribution < 1.29 is 24.2 Å². The second kappa shape index (κ2) is 12.4. The first kappa shape index (κ1) is 25.5. The molecule has 0 aliphatic carbocycles. The molecule has 8 nitrogen and oxygen atoms in total. The lowest BCUT2D eigenvalue weighted by Gasteiger charge is -2.26. The maximum absolute atomic E-state index is 13.2. The summed E-state index contributed by atoms with van der Waals surface area (Å²) in [6.07, 6.45) is -0.318. The standard InChI is InChI=1S/C26H35N3O5/c1-4-28(5-2)26(32)19-34-24-16-27(14-21-7-6-8-22(30)13-21)18-25(31)29(17-24)15-20-9-11-23(33-3)12-10-20/h6-13,24,30H,4-5,14-19H2,1-3H3. The normalized spacial score (nSPS) is 16.9. The predicted molar refractivity (Wildman–Crippen MR) is 129 cm³/mol. The SMILES string of the molecule is CCN(CC)C(=O)COC1CN(Cc2cccc(O)c2)CC(=O)N(Cc2ccc(OC)cc2)C1. The highest BCUT2D eigenvalue weighted by atomic mass is 16.5. The molecule has 34 heavy (non-hydrogen) atoms. The van der Waals surface area contributed by atoms with E-state index in [4.69, 9.17) is 9.47 Å². The molecule has 1 N–H and O–H groups in total. The minimum Gasteiger partial charge on any atom is -0.508 e. The summed E-state index contributed by atoms with van der Waals surface area (Å²) in [5, 5.41) is 9.82. The van der Waals surface area contributed by atoms with Crippen molar-refractivity contribution in [3.8, 4) is 11.5 Å². The highest BCUT2D eigenvalue weighted by Gasteiger charge is 2.29. The molecule has 184 valence electrons. The van der Waals surface area contributed by atoms with Crippen molar-refractivity contribution in [2.75, 3.05) is 46.4 Å². The summed E-state index contributed by atoms with van der Waals surface area (Å²) in [7, 11) is 1.62. The molecule has 8 heteroatoms. The molecule has 0 bridgehead atoms. The minimum absolute atomic E-state index is 0.00265. The highest BCUT2D eigenvalue weighted by molar-refractivity contribution is 5.79. The van der Waals surface area contributed by atoms with Crippen LogP contribution >= 0.6 is 0 Å². The van der Waals surface area contributed by atoms with Gasteiger partial charge in [0.25, 0.3) is 0 Å². The van der Waals surface area contributed by atoms with Crippen molar-refractivity contribution in [1.29, 1.82) is 0 Å². The molecule has 2 amide bonds. The van der Waals surface area contributed by atoms with Gasteiger partial charge in [0.05, 0.1) is 19.8 Å². The molecule has 0 radical (unpaired) electrons. The van der Waals surface area contributed by atoms with E-state index in [1.165, 1.54) is 0 Å². The maximum Gasteiger partial charge on any atom is 0.248 e. The monoisotopic (exact) mass is 469 g/mol. The number of ether oxygens (including phenoxy) is 2. The second-order valence-electron chi connectivity index (χ2n) is 8.46. The molecule has 1 unspecified atom stereocenters. The zero-order valence-corrected chi connectivity index (χ0v) is 20.3. The number of carbonyl (C=O) groups is 2. The Bertz CT molecular complexity index is 946. The van der Waals surface area contributed by atoms with Crippen molar-refractivity contribution in [3.05, 3.63) is 59.7 Å². The molecule has 2 aromatic rings. The highest BCUT2D eigenvalue weighted by Crippen LogP contribution is 2.18. The van der Waals surface area contributed by atoms with E-state index in [2.05, 4.69) is 0 Å². The van der Waals surface area contributed by atoms with Gasteiger partial charge in [-0.2, -0.15) is 0 Å². The molecule has 1 atom stereocenters. The van der Waals surface area contributed by atoms with Crippen LogP contribution in [0.2, 0.25) is 0 Å². The first-order chi connectivity index (χ1) is 16.4. The van der Waals surface area contributed by atoms with E-state index in [1.54, 1.807) is 35.1 Å². The van der Waals surface area contributed by atoms with Crippen LogP contribution in [0.1, 0.15) is 25.0 Å². The molecule has 1 aliphatic rings. The lowest BCUT2D eigenvalue weighted by Crippen LogP contribution is -2.40. The summed E-state index contributed by atoms with van der Waals surface area (Å²) in [4.78, 5) is 31.2. The van der Waals surface area contributed by atoms with Crippen molar-refractivity contribution in [1.82, 2.24) is 14.7 Å². The number of rotatable bonds is 10. The molecule has 2 aromatic carbocycles. The third-order valence-electron chi connectivity index (χ3n) is 6.01. The number of carbonyl (C=O) groups excluding carboxylic acids is 2. The van der Waals surface area contributed by atoms with Crippen LogP contribution in [0.5, 0.6) is 11.5 Å². The number of methoxy groups -OCH3 is 1. The van der Waals surface area contributed by atoms with Crippen LogP contribution in [0.4, 0.5) is 0 Å². The first-order valence-electron chi connectivity index (χ1n) is 11.7. The zero-order chi connectivity index (χ0) is 24.5. The van der Waals surface area contributed by atoms with Crippen LogP contribution < -0.4 is 4.74 Å². The number of phenols is 1. The fourth-order valence-corrected chi connectivity index (χ4v) is 4.15. The Kier molecular flexibility index (Phi) is 9.30. The number of hydrogen-bond donors (Lipinski definition) is 1. The Morgan fingerprint density at radius 2 is 1.79 bits per heavy atom. The summed E-state index contributed by atoms with van der Waals surface area (Å²) >= 11 is 0. The third-order valence-corrected chi connectivity index (χ3v) is 6.01. The van der Waals surface area contributed by atoms with Crippen molar-refractivity contribution in [2.45, 2.75) is 33.0 Å². The van der Waals surface area contributed by atoms with Gasteiger partial charge in [0.15, 0.2) is 0 Å². The van der Waals surface area contributed by atoms with Crippen molar-refractivity contribution in [2.24, 2.45) is 0 Å². The number of amides is 2. The van der Waals surface area contributed by atoms with Gasteiger partial charge in [-0.1, -0.05) is 24.3 Å². The molecule has 0 saturated carbocycles. The van der Waals surface area contributed by atoms with E-state index in [9.17, 15) is 14.7 Å². The smallest absolute Gasteiger partial charge is 0.248 e. The van der Waals surface area contributed by atoms with Crippen LogP contribution in [0.25, 0.3) is 0 Å². The lowest BCUT2D eigenvalue weighted by molar-refractivity contribution is -0.138. The molecule has 1 aliphatic heterocycles. The Labute approximate surface area is 201 Å². The van der Waals surface area contributed by atoms with Gasteiger partial charge in [-0.05, 0) is 49.2 Å². The largest absolute Gasteiger partial charge is 0.508 e. The van der Waals surface area contributed by atoms with Crippen LogP contribution in [0.15, 0.2) is 48.5 Å². The topological polar surface area (TPSA) is 82.6 Å². The van der Waals surface area contributed by atoms with E-state index in [1.807, 2.05) is 49.1 Å². The van der Waals surface area contributed by atoms with Gasteiger partial charge in [-0.15, -0.1) is 0 Å². The average molecular weight is 470 g/mol. The van der Waals surface area contributed by atoms with Gasteiger partial charge in [-0.3, -0.25) is 14.5 Å². The van der Waals surface area contributed by atoms with Crippen molar-refractivity contribution in [3.63, 3.8) is 0 Å². The van der Waals surface area contributed by atoms with E-state index in [0.717, 1.165) is 16.9 Å². The predicted octanol–water partition coefficient (Wildman–Crippen LogP) is 2.50. The number of phenolic OH excluding ortho intramolecular Hbond substituents is 1. The maximum atomic E-state index is 13.2. The number of aromatic hydroxyl groups is 1. The van der Waals surface area contributed by atoms with Crippen LogP contribution in [-0.4, -0.2) is 84.2 Å². The molecule has 1 fully saturated rings. The zero-order valence-electron chi connectivity index (χ0n) is 20.3. The van der Waals surface area contributed by atoms with E-state index < -0.39 is 0 Å². The molecule has 1 heterocycles. The van der Waals surface area contributed by atoms with Gasteiger partial charge in [0.2, 0.25) is 11.8 Å². The minimum atomic E-state index is -0.318. The fourth-order valence-electron chi connectivity index (χ4n) is 4.15. The molecular weight excluding hydrogens is 434 g/mol. The lowest BCUT2D eigenvalue weighted by atomic mass is 10.2. The van der Waals surface area contributed by atoms with Crippen LogP contribution in [0, 0.1) is 0 Å².